The van der Waals surface area contributed by atoms with Crippen LogP contribution in [0.5, 0.6) is 5.75 Å². The second kappa shape index (κ2) is 10.3. The lowest BCUT2D eigenvalue weighted by Crippen LogP contribution is -2.40. The van der Waals surface area contributed by atoms with Gasteiger partial charge in [0, 0.05) is 17.8 Å². The Bertz CT molecular complexity index is 1220. The Labute approximate surface area is 211 Å². The molecule has 0 aliphatic carbocycles. The molecule has 1 fully saturated rings. The summed E-state index contributed by atoms with van der Waals surface area (Å²) in [6, 6.07) is 10.8. The molecule has 2 N–H and O–H groups in total. The number of thiazole rings is 1. The molecule has 1 saturated heterocycles. The molecular formula is C25H26N4O4S2. The fourth-order valence-electron chi connectivity index (χ4n) is 4.52. The summed E-state index contributed by atoms with van der Waals surface area (Å²) < 4.78 is 5.87. The third kappa shape index (κ3) is 5.00. The molecule has 2 aliphatic heterocycles. The summed E-state index contributed by atoms with van der Waals surface area (Å²) in [5.41, 5.74) is 6.51. The molecule has 5 rings (SSSR count). The molecular weight excluding hydrogens is 484 g/mol. The van der Waals surface area contributed by atoms with E-state index in [2.05, 4.69) is 9.88 Å². The molecule has 4 heterocycles. The van der Waals surface area contributed by atoms with E-state index in [0.717, 1.165) is 38.9 Å². The molecule has 35 heavy (non-hydrogen) atoms. The van der Waals surface area contributed by atoms with Gasteiger partial charge in [-0.3, -0.25) is 19.3 Å². The van der Waals surface area contributed by atoms with E-state index < -0.39 is 6.10 Å². The van der Waals surface area contributed by atoms with E-state index in [1.165, 1.54) is 22.7 Å². The first kappa shape index (κ1) is 23.7. The molecule has 2 aromatic heterocycles. The highest BCUT2D eigenvalue weighted by Crippen LogP contribution is 2.38. The number of Topliss-reactive ketones (excluding diaryl/α,β-unsaturated/α-hetero) is 1. The number of piperidine rings is 1. The monoisotopic (exact) mass is 510 g/mol. The lowest BCUT2D eigenvalue weighted by atomic mass is 9.96. The Morgan fingerprint density at radius 1 is 1.14 bits per heavy atom. The van der Waals surface area contributed by atoms with Crippen LogP contribution in [-0.4, -0.2) is 53.7 Å². The van der Waals surface area contributed by atoms with Gasteiger partial charge in [-0.1, -0.05) is 18.2 Å². The van der Waals surface area contributed by atoms with Crippen LogP contribution in [-0.2, 0) is 4.79 Å². The van der Waals surface area contributed by atoms with Crippen molar-refractivity contribution >= 4 is 45.4 Å². The number of benzene rings is 1. The van der Waals surface area contributed by atoms with Crippen molar-refractivity contribution in [1.82, 2.24) is 9.88 Å². The van der Waals surface area contributed by atoms with E-state index in [1.807, 2.05) is 29.6 Å². The predicted molar refractivity (Wildman–Crippen MR) is 135 cm³/mol. The maximum absolute atomic E-state index is 13.3. The van der Waals surface area contributed by atoms with Gasteiger partial charge in [0.15, 0.2) is 5.13 Å². The first-order chi connectivity index (χ1) is 17.0. The van der Waals surface area contributed by atoms with Crippen LogP contribution in [0.3, 0.4) is 0 Å². The second-order valence-electron chi connectivity index (χ2n) is 8.72. The molecule has 0 radical (unpaired) electrons. The van der Waals surface area contributed by atoms with Crippen LogP contribution < -0.4 is 15.4 Å². The summed E-state index contributed by atoms with van der Waals surface area (Å²) in [5.74, 6) is 0.0835. The van der Waals surface area contributed by atoms with Crippen LogP contribution in [0.1, 0.15) is 51.1 Å². The first-order valence-electron chi connectivity index (χ1n) is 11.6. The Balaban J connectivity index is 1.28. The molecule has 182 valence electrons. The number of fused-ring (bicyclic) bond motifs is 1. The quantitative estimate of drug-likeness (QED) is 0.495. The van der Waals surface area contributed by atoms with Gasteiger partial charge in [0.25, 0.3) is 5.91 Å². The van der Waals surface area contributed by atoms with Crippen molar-refractivity contribution in [2.75, 3.05) is 31.1 Å². The minimum absolute atomic E-state index is 0.0384. The Kier molecular flexibility index (Phi) is 6.94. The summed E-state index contributed by atoms with van der Waals surface area (Å²) in [5, 5.41) is 4.23. The van der Waals surface area contributed by atoms with Crippen molar-refractivity contribution < 1.29 is 19.1 Å². The van der Waals surface area contributed by atoms with Crippen LogP contribution in [0.25, 0.3) is 0 Å². The van der Waals surface area contributed by atoms with Gasteiger partial charge in [-0.2, -0.15) is 0 Å². The number of likely N-dealkylation sites (tertiary alicyclic amines) is 1. The number of carbonyl (C=O) groups is 3. The molecule has 0 bridgehead atoms. The number of rotatable bonds is 8. The molecule has 0 spiro atoms. The lowest BCUT2D eigenvalue weighted by Gasteiger charge is -2.31. The number of aromatic nitrogens is 1. The van der Waals surface area contributed by atoms with Crippen molar-refractivity contribution in [3.05, 3.63) is 63.3 Å². The number of hydrogen-bond donors (Lipinski definition) is 1. The Morgan fingerprint density at radius 3 is 2.66 bits per heavy atom. The van der Waals surface area contributed by atoms with E-state index in [9.17, 15) is 14.4 Å². The number of amides is 2. The second-order valence-corrected chi connectivity index (χ2v) is 10.5. The highest BCUT2D eigenvalue weighted by molar-refractivity contribution is 7.14. The molecule has 1 atom stereocenters. The van der Waals surface area contributed by atoms with E-state index in [4.69, 9.17) is 10.5 Å². The molecule has 1 aromatic carbocycles. The standard InChI is InChI=1S/C25H26N4O4S2/c26-23(31)16-8-12-28(13-9-16)10-4-11-29(24(32)20-7-3-14-34-20)25-27-18(15-35-25)22-21(30)17-5-1-2-6-19(17)33-22/h1-3,5-7,14-16,22H,4,8-13H2,(H2,26,31). The van der Waals surface area contributed by atoms with Gasteiger partial charge in [0.1, 0.15) is 11.4 Å². The van der Waals surface area contributed by atoms with Crippen LogP contribution in [0, 0.1) is 5.92 Å². The maximum Gasteiger partial charge on any atom is 0.270 e. The summed E-state index contributed by atoms with van der Waals surface area (Å²) in [4.78, 5) is 46.9. The van der Waals surface area contributed by atoms with Gasteiger partial charge in [-0.15, -0.1) is 22.7 Å². The molecule has 8 nitrogen and oxygen atoms in total. The number of anilines is 1. The van der Waals surface area contributed by atoms with Gasteiger partial charge in [0.05, 0.1) is 10.4 Å². The Hall–Kier alpha value is -3.08. The minimum atomic E-state index is -0.789. The number of hydrogen-bond acceptors (Lipinski definition) is 8. The molecule has 10 heteroatoms. The van der Waals surface area contributed by atoms with Crippen molar-refractivity contribution in [2.45, 2.75) is 25.4 Å². The molecule has 0 saturated carbocycles. The topological polar surface area (TPSA) is 106 Å². The Morgan fingerprint density at radius 2 is 1.94 bits per heavy atom. The first-order valence-corrected chi connectivity index (χ1v) is 13.4. The highest BCUT2D eigenvalue weighted by atomic mass is 32.1. The number of ketones is 1. The lowest BCUT2D eigenvalue weighted by molar-refractivity contribution is -0.123. The number of para-hydroxylation sites is 1. The SMILES string of the molecule is NC(=O)C1CCN(CCCN(C(=O)c2cccs2)c2nc(C3Oc4ccccc4C3=O)cs2)CC1. The normalized spacial score (nSPS) is 18.3. The summed E-state index contributed by atoms with van der Waals surface area (Å²) >= 11 is 2.74. The average molecular weight is 511 g/mol. The van der Waals surface area contributed by atoms with Gasteiger partial charge < -0.3 is 15.4 Å². The summed E-state index contributed by atoms with van der Waals surface area (Å²) in [6.45, 7) is 2.97. The van der Waals surface area contributed by atoms with Gasteiger partial charge in [-0.05, 0) is 62.5 Å². The molecule has 1 unspecified atom stereocenters. The zero-order chi connectivity index (χ0) is 24.4. The third-order valence-electron chi connectivity index (χ3n) is 6.47. The van der Waals surface area contributed by atoms with Crippen molar-refractivity contribution in [1.29, 1.82) is 0 Å². The van der Waals surface area contributed by atoms with Gasteiger partial charge in [0.2, 0.25) is 17.8 Å². The van der Waals surface area contributed by atoms with E-state index in [0.29, 0.717) is 33.6 Å². The minimum Gasteiger partial charge on any atom is -0.475 e. The molecule has 2 amide bonds. The van der Waals surface area contributed by atoms with Crippen LogP contribution in [0.15, 0.2) is 47.2 Å². The largest absolute Gasteiger partial charge is 0.475 e. The van der Waals surface area contributed by atoms with Crippen molar-refractivity contribution in [3.63, 3.8) is 0 Å². The predicted octanol–water partition coefficient (Wildman–Crippen LogP) is 3.76. The molecule has 2 aliphatic rings. The van der Waals surface area contributed by atoms with Gasteiger partial charge in [-0.25, -0.2) is 4.98 Å². The summed E-state index contributed by atoms with van der Waals surface area (Å²) in [6.07, 6.45) is 1.53. The third-order valence-corrected chi connectivity index (χ3v) is 8.21. The van der Waals surface area contributed by atoms with E-state index in [1.54, 1.807) is 22.4 Å². The number of ether oxygens (including phenoxy) is 1. The van der Waals surface area contributed by atoms with Crippen molar-refractivity contribution in [3.8, 4) is 5.75 Å². The number of carbonyl (C=O) groups excluding carboxylic acids is 3. The highest BCUT2D eigenvalue weighted by Gasteiger charge is 2.36. The average Bonchev–Trinajstić information content (AvgIpc) is 3.63. The van der Waals surface area contributed by atoms with E-state index >= 15 is 0 Å². The smallest absolute Gasteiger partial charge is 0.270 e. The number of nitrogens with zero attached hydrogens (tertiary/aromatic N) is 3. The maximum atomic E-state index is 13.3. The number of thiophene rings is 1. The van der Waals surface area contributed by atoms with Gasteiger partial charge >= 0.3 is 0 Å². The zero-order valence-corrected chi connectivity index (χ0v) is 20.7. The van der Waals surface area contributed by atoms with Crippen molar-refractivity contribution in [2.24, 2.45) is 11.7 Å². The number of primary amides is 1. The van der Waals surface area contributed by atoms with Crippen LogP contribution in [0.4, 0.5) is 5.13 Å². The van der Waals surface area contributed by atoms with E-state index in [-0.39, 0.29) is 23.5 Å². The molecule has 3 aromatic rings. The summed E-state index contributed by atoms with van der Waals surface area (Å²) in [7, 11) is 0. The van der Waals surface area contributed by atoms with Crippen LogP contribution >= 0.6 is 22.7 Å². The fourth-order valence-corrected chi connectivity index (χ4v) is 6.05. The van der Waals surface area contributed by atoms with Crippen LogP contribution in [0.2, 0.25) is 0 Å². The fraction of sp³-hybridized carbons (Fsp3) is 0.360. The number of nitrogens with two attached hydrogens (primary N) is 1. The zero-order valence-electron chi connectivity index (χ0n) is 19.1.